The molecule has 22 aromatic rings. The van der Waals surface area contributed by atoms with Gasteiger partial charge >= 0.3 is 7.12 Å². The summed E-state index contributed by atoms with van der Waals surface area (Å²) in [6.45, 7) is 0. The van der Waals surface area contributed by atoms with Crippen LogP contribution in [0, 0.1) is 0 Å². The van der Waals surface area contributed by atoms with Crippen LogP contribution in [0.3, 0.4) is 0 Å². The van der Waals surface area contributed by atoms with Gasteiger partial charge in [-0.15, -0.1) is 0 Å². The number of fused-ring (bicyclic) bond motifs is 18. The maximum Gasteiger partial charge on any atom is 0.488 e. The van der Waals surface area contributed by atoms with E-state index in [4.69, 9.17) is 29.9 Å². The molecule has 0 bridgehead atoms. The number of imidazole rings is 4. The minimum Gasteiger partial charge on any atom is -0.423 e. The fourth-order valence-electron chi connectivity index (χ4n) is 15.2. The Bertz CT molecular complexity index is 7210. The van der Waals surface area contributed by atoms with Crippen molar-refractivity contribution in [1.82, 2.24) is 57.0 Å². The first-order valence-corrected chi connectivity index (χ1v) is 35.8. The molecule has 107 heavy (non-hydrogen) atoms. The molecule has 8 heterocycles. The molecule has 0 aliphatic carbocycles. The molecule has 0 amide bonds. The number of benzene rings is 14. The van der Waals surface area contributed by atoms with Crippen LogP contribution in [0.25, 0.3) is 178 Å². The highest BCUT2D eigenvalue weighted by Crippen LogP contribution is 2.40. The van der Waals surface area contributed by atoms with Crippen molar-refractivity contribution < 1.29 is 10.0 Å². The average molecular weight is 1450 g/mol. The van der Waals surface area contributed by atoms with Crippen molar-refractivity contribution in [2.75, 3.05) is 0 Å². The summed E-state index contributed by atoms with van der Waals surface area (Å²) in [5.41, 5.74) is 23.0. The van der Waals surface area contributed by atoms with E-state index in [0.29, 0.717) is 5.46 Å². The molecule has 8 aromatic heterocycles. The van der Waals surface area contributed by atoms with Gasteiger partial charge in [-0.1, -0.05) is 224 Å². The predicted molar refractivity (Wildman–Crippen MR) is 441 cm³/mol. The van der Waals surface area contributed by atoms with E-state index in [1.54, 1.807) is 12.1 Å². The Hall–Kier alpha value is -13.6. The lowest BCUT2D eigenvalue weighted by atomic mass is 9.80. The normalized spacial score (nSPS) is 11.6. The summed E-state index contributed by atoms with van der Waals surface area (Å²) in [5.74, 6) is 3.41. The third-order valence-electron chi connectivity index (χ3n) is 20.1. The smallest absolute Gasteiger partial charge is 0.423 e. The van der Waals surface area contributed by atoms with Crippen LogP contribution >= 0.6 is 15.9 Å². The maximum atomic E-state index is 9.27. The predicted octanol–water partition coefficient (Wildman–Crippen LogP) is 20.7. The Morgan fingerprint density at radius 1 is 0.252 bits per heavy atom. The van der Waals surface area contributed by atoms with E-state index in [2.05, 4.69) is 261 Å². The molecule has 14 nitrogen and oxygen atoms in total. The summed E-state index contributed by atoms with van der Waals surface area (Å²) in [6, 6.07) is 116. The van der Waals surface area contributed by atoms with Gasteiger partial charge in [0.05, 0.1) is 77.2 Å². The highest BCUT2D eigenvalue weighted by Gasteiger charge is 2.24. The zero-order valence-corrected chi connectivity index (χ0v) is 58.1. The van der Waals surface area contributed by atoms with Gasteiger partial charge in [-0.3, -0.25) is 27.1 Å². The van der Waals surface area contributed by atoms with Gasteiger partial charge in [-0.25, -0.2) is 29.9 Å². The molecule has 16 heteroatoms. The van der Waals surface area contributed by atoms with Crippen molar-refractivity contribution >= 4 is 149 Å². The van der Waals surface area contributed by atoms with E-state index in [-0.39, 0.29) is 7.43 Å². The third-order valence-corrected chi connectivity index (χ3v) is 20.5. The SMILES string of the molecule is Brc1ccc2c(c1)c1ccccc1n2-c1nc2ccccc2c2nc3ccccc3n12.C.OB(O)c1ccc(-c2nc3ccccc3n2-c2ccccc2)cc1.c1ccc(-n2c(-c3ccc(-c4ccc5c(c4)c4ccccc4n5-c4nc5ccccc5c5nc6ccccc6n45)cc3)nc3ccccc32)cc1. The van der Waals surface area contributed by atoms with Crippen molar-refractivity contribution in [3.63, 3.8) is 0 Å². The van der Waals surface area contributed by atoms with E-state index in [9.17, 15) is 10.0 Å². The van der Waals surface area contributed by atoms with Gasteiger partial charge in [-0.2, -0.15) is 0 Å². The molecule has 0 spiro atoms. The quantitative estimate of drug-likeness (QED) is 0.143. The highest BCUT2D eigenvalue weighted by atomic mass is 79.9. The molecular weight excluding hydrogens is 1380 g/mol. The Balaban J connectivity index is 0.000000119. The largest absolute Gasteiger partial charge is 0.488 e. The van der Waals surface area contributed by atoms with Crippen molar-refractivity contribution in [2.24, 2.45) is 0 Å². The van der Waals surface area contributed by atoms with E-state index in [1.807, 2.05) is 109 Å². The van der Waals surface area contributed by atoms with Gasteiger partial charge in [0, 0.05) is 59.3 Å². The van der Waals surface area contributed by atoms with E-state index in [0.717, 1.165) is 161 Å². The van der Waals surface area contributed by atoms with E-state index >= 15 is 0 Å². The number of rotatable bonds is 8. The Kier molecular flexibility index (Phi) is 15.8. The van der Waals surface area contributed by atoms with Crippen molar-refractivity contribution in [2.45, 2.75) is 7.43 Å². The molecule has 0 radical (unpaired) electrons. The number of aromatic nitrogens is 12. The van der Waals surface area contributed by atoms with Crippen LogP contribution in [-0.4, -0.2) is 74.1 Å². The van der Waals surface area contributed by atoms with Gasteiger partial charge in [0.25, 0.3) is 0 Å². The second-order valence-corrected chi connectivity index (χ2v) is 27.2. The van der Waals surface area contributed by atoms with Crippen molar-refractivity contribution in [1.29, 1.82) is 0 Å². The fourth-order valence-corrected chi connectivity index (χ4v) is 15.6. The monoisotopic (exact) mass is 1440 g/mol. The molecule has 0 atom stereocenters. The van der Waals surface area contributed by atoms with Crippen molar-refractivity contribution in [3.8, 4) is 57.2 Å². The zero-order chi connectivity index (χ0) is 70.5. The molecule has 0 unspecified atom stereocenters. The molecule has 0 fully saturated rings. The minimum atomic E-state index is -1.47. The molecule has 508 valence electrons. The van der Waals surface area contributed by atoms with Gasteiger partial charge in [0.1, 0.15) is 22.9 Å². The first-order valence-electron chi connectivity index (χ1n) is 35.0. The lowest BCUT2D eigenvalue weighted by Gasteiger charge is -2.12. The molecule has 14 aromatic carbocycles. The minimum absolute atomic E-state index is 0. The standard InChI is InChI=1S/C45H28N6.C26H15BrN4.C19H15BN2O2.CH4/c1-2-12-32(13-3-1)49-41-20-10-7-17-37(41)46-43(49)30-24-22-29(23-25-30)31-26-27-40-35(28-31)33-14-5-9-19-39(33)50(40)45-48-36-16-6-4-15-34(36)44-47-38-18-8-11-21-42(38)51(44)45;27-16-13-14-23-19(15-16)17-7-2-5-11-22(17)30(23)26-29-20-9-3-1-8-18(20)25-28-21-10-4-6-12-24(21)31(25)26;23-20(24)15-12-10-14(11-13-15)19-21-17-8-4-5-9-18(17)22(19)16-6-2-1-3-7-16;/h1-28H;1-15H;1-13,23-24H;1H4. The van der Waals surface area contributed by atoms with Crippen LogP contribution in [-0.2, 0) is 0 Å². The molecule has 0 aliphatic heterocycles. The molecule has 2 N–H and O–H groups in total. The lowest BCUT2D eigenvalue weighted by Crippen LogP contribution is -2.29. The average Bonchev–Trinajstić information content (AvgIpc) is 1.57. The van der Waals surface area contributed by atoms with E-state index in [1.165, 1.54) is 21.5 Å². The third kappa shape index (κ3) is 10.8. The van der Waals surface area contributed by atoms with Gasteiger partial charge in [0.2, 0.25) is 11.9 Å². The number of hydrogen-bond acceptors (Lipinski definition) is 8. The van der Waals surface area contributed by atoms with Gasteiger partial charge in [0.15, 0.2) is 0 Å². The van der Waals surface area contributed by atoms with Crippen LogP contribution < -0.4 is 5.46 Å². The molecule has 0 aliphatic rings. The summed E-state index contributed by atoms with van der Waals surface area (Å²) in [6.07, 6.45) is 0. The summed E-state index contributed by atoms with van der Waals surface area (Å²) in [4.78, 5) is 30.4. The number of para-hydroxylation sites is 14. The first-order chi connectivity index (χ1) is 52.3. The zero-order valence-electron chi connectivity index (χ0n) is 56.5. The topological polar surface area (TPSA) is 146 Å². The lowest BCUT2D eigenvalue weighted by molar-refractivity contribution is 0.426. The first kappa shape index (κ1) is 64.2. The second-order valence-electron chi connectivity index (χ2n) is 26.2. The maximum absolute atomic E-state index is 9.27. The van der Waals surface area contributed by atoms with Crippen LogP contribution in [0.1, 0.15) is 7.43 Å². The van der Waals surface area contributed by atoms with Crippen LogP contribution in [0.4, 0.5) is 0 Å². The second kappa shape index (κ2) is 26.3. The van der Waals surface area contributed by atoms with Gasteiger partial charge < -0.3 is 10.0 Å². The van der Waals surface area contributed by atoms with Gasteiger partial charge in [-0.05, 0) is 156 Å². The molecule has 22 rings (SSSR count). The summed E-state index contributed by atoms with van der Waals surface area (Å²) in [5, 5.41) is 25.4. The molecular formula is C91H62BBrN12O2. The Morgan fingerprint density at radius 3 is 1.05 bits per heavy atom. The number of nitrogens with zero attached hydrogens (tertiary/aromatic N) is 12. The van der Waals surface area contributed by atoms with Crippen LogP contribution in [0.2, 0.25) is 0 Å². The van der Waals surface area contributed by atoms with Crippen molar-refractivity contribution in [3.05, 3.63) is 344 Å². The van der Waals surface area contributed by atoms with Crippen LogP contribution in [0.5, 0.6) is 0 Å². The highest BCUT2D eigenvalue weighted by molar-refractivity contribution is 9.10. The molecule has 0 saturated heterocycles. The fraction of sp³-hybridized carbons (Fsp3) is 0.0110. The van der Waals surface area contributed by atoms with Crippen LogP contribution in [0.15, 0.2) is 344 Å². The molecule has 0 saturated carbocycles. The summed E-state index contributed by atoms with van der Waals surface area (Å²) < 4.78 is 14.4. The van der Waals surface area contributed by atoms with E-state index < -0.39 is 7.12 Å². The Morgan fingerprint density at radius 2 is 0.589 bits per heavy atom. The summed E-state index contributed by atoms with van der Waals surface area (Å²) >= 11 is 3.64. The number of halogens is 1. The summed E-state index contributed by atoms with van der Waals surface area (Å²) in [7, 11) is -1.47. The Labute approximate surface area is 621 Å². The number of hydrogen-bond donors (Lipinski definition) is 2.